The van der Waals surface area contributed by atoms with Crippen LogP contribution in [0, 0.1) is 0 Å². The van der Waals surface area contributed by atoms with Crippen LogP contribution in [-0.2, 0) is 10.2 Å². The van der Waals surface area contributed by atoms with Crippen LogP contribution in [0.4, 0.5) is 0 Å². The Labute approximate surface area is 142 Å². The predicted molar refractivity (Wildman–Crippen MR) is 95.0 cm³/mol. The monoisotopic (exact) mass is 316 g/mol. The highest BCUT2D eigenvalue weighted by Gasteiger charge is 2.50. The molecule has 24 heavy (non-hydrogen) atoms. The number of rotatable bonds is 5. The average Bonchev–Trinajstić information content (AvgIpc) is 3.50. The van der Waals surface area contributed by atoms with Crippen LogP contribution in [0.15, 0.2) is 91.0 Å². The minimum absolute atomic E-state index is 0.134. The second-order valence-corrected chi connectivity index (χ2v) is 6.22. The molecule has 0 amide bonds. The Bertz CT molecular complexity index is 683. The molecule has 0 radical (unpaired) electrons. The highest BCUT2D eigenvalue weighted by Crippen LogP contribution is 2.45. The van der Waals surface area contributed by atoms with Crippen molar-refractivity contribution >= 4 is 0 Å². The Kier molecular flexibility index (Phi) is 3.93. The summed E-state index contributed by atoms with van der Waals surface area (Å²) in [6, 6.07) is 30.7. The van der Waals surface area contributed by atoms with Gasteiger partial charge in [-0.1, -0.05) is 91.0 Å². The number of aliphatic hydroxyl groups excluding tert-OH is 1. The fourth-order valence-corrected chi connectivity index (χ4v) is 3.63. The van der Waals surface area contributed by atoms with Crippen molar-refractivity contribution in [3.8, 4) is 0 Å². The van der Waals surface area contributed by atoms with Gasteiger partial charge in [0.25, 0.3) is 0 Å². The summed E-state index contributed by atoms with van der Waals surface area (Å²) < 4.78 is 5.49. The Morgan fingerprint density at radius 2 is 1.04 bits per heavy atom. The lowest BCUT2D eigenvalue weighted by molar-refractivity contribution is 0.0886. The van der Waals surface area contributed by atoms with Gasteiger partial charge in [0.1, 0.15) is 12.2 Å². The molecule has 1 fully saturated rings. The van der Waals surface area contributed by atoms with Gasteiger partial charge in [0.2, 0.25) is 0 Å². The number of ether oxygens (including phenoxy) is 1. The lowest BCUT2D eigenvalue weighted by atomic mass is 9.65. The predicted octanol–water partition coefficient (Wildman–Crippen LogP) is 3.78. The molecule has 2 heteroatoms. The number of epoxide rings is 1. The van der Waals surface area contributed by atoms with Crippen molar-refractivity contribution in [3.05, 3.63) is 108 Å². The van der Waals surface area contributed by atoms with E-state index in [4.69, 9.17) is 4.74 Å². The van der Waals surface area contributed by atoms with Crippen LogP contribution >= 0.6 is 0 Å². The van der Waals surface area contributed by atoms with Crippen molar-refractivity contribution in [2.45, 2.75) is 17.6 Å². The molecule has 1 unspecified atom stereocenters. The number of aliphatic hydroxyl groups is 1. The van der Waals surface area contributed by atoms with Crippen molar-refractivity contribution in [2.75, 3.05) is 6.61 Å². The molecule has 0 aliphatic carbocycles. The summed E-state index contributed by atoms with van der Waals surface area (Å²) in [5.74, 6) is 0. The SMILES string of the molecule is OC([C@@H]1CO1)C(c1ccccc1)(c1ccccc1)c1ccccc1. The molecular weight excluding hydrogens is 296 g/mol. The molecule has 1 N–H and O–H groups in total. The molecule has 3 aromatic rings. The smallest absolute Gasteiger partial charge is 0.108 e. The Morgan fingerprint density at radius 1 is 0.708 bits per heavy atom. The molecule has 0 bridgehead atoms. The van der Waals surface area contributed by atoms with E-state index >= 15 is 0 Å². The summed E-state index contributed by atoms with van der Waals surface area (Å²) in [5.41, 5.74) is 2.58. The second-order valence-electron chi connectivity index (χ2n) is 6.22. The standard InChI is InChI=1S/C22H20O2/c23-21(20-16-24-20)22(17-10-4-1-5-11-17,18-12-6-2-7-13-18)19-14-8-3-9-15-19/h1-15,20-21,23H,16H2/t20-,21?/m0/s1. The first kappa shape index (κ1) is 15.1. The normalized spacial score (nSPS) is 18.1. The number of hydrogen-bond donors (Lipinski definition) is 1. The molecule has 2 nitrogen and oxygen atoms in total. The van der Waals surface area contributed by atoms with Gasteiger partial charge in [-0.15, -0.1) is 0 Å². The molecule has 0 spiro atoms. The van der Waals surface area contributed by atoms with Crippen molar-refractivity contribution in [1.82, 2.24) is 0 Å². The molecule has 3 aromatic carbocycles. The summed E-state index contributed by atoms with van der Waals surface area (Å²) in [5, 5.41) is 11.3. The second kappa shape index (κ2) is 6.23. The fraction of sp³-hybridized carbons (Fsp3) is 0.182. The van der Waals surface area contributed by atoms with Crippen LogP contribution < -0.4 is 0 Å². The van der Waals surface area contributed by atoms with Gasteiger partial charge in [0.15, 0.2) is 0 Å². The molecule has 0 saturated carbocycles. The molecule has 1 aliphatic heterocycles. The zero-order valence-corrected chi connectivity index (χ0v) is 13.4. The van der Waals surface area contributed by atoms with Crippen LogP contribution in [0.5, 0.6) is 0 Å². The zero-order valence-electron chi connectivity index (χ0n) is 13.4. The minimum atomic E-state index is -0.648. The molecule has 2 atom stereocenters. The van der Waals surface area contributed by atoms with Crippen molar-refractivity contribution in [2.24, 2.45) is 0 Å². The summed E-state index contributed by atoms with van der Waals surface area (Å²) in [4.78, 5) is 0. The van der Waals surface area contributed by atoms with Gasteiger partial charge in [-0.3, -0.25) is 0 Å². The first-order valence-electron chi connectivity index (χ1n) is 8.29. The fourth-order valence-electron chi connectivity index (χ4n) is 3.63. The maximum atomic E-state index is 11.3. The van der Waals surface area contributed by atoms with Crippen molar-refractivity contribution in [1.29, 1.82) is 0 Å². The molecule has 0 aromatic heterocycles. The molecular formula is C22H20O2. The lowest BCUT2D eigenvalue weighted by Crippen LogP contribution is -2.45. The maximum absolute atomic E-state index is 11.3. The van der Waals surface area contributed by atoms with Gasteiger partial charge < -0.3 is 9.84 Å². The van der Waals surface area contributed by atoms with E-state index in [2.05, 4.69) is 36.4 Å². The third kappa shape index (κ3) is 2.44. The van der Waals surface area contributed by atoms with E-state index in [0.717, 1.165) is 16.7 Å². The van der Waals surface area contributed by atoms with Crippen LogP contribution in [-0.4, -0.2) is 23.9 Å². The largest absolute Gasteiger partial charge is 0.389 e. The molecule has 1 saturated heterocycles. The summed E-state index contributed by atoms with van der Waals surface area (Å²) in [6.07, 6.45) is -0.782. The van der Waals surface area contributed by atoms with Gasteiger partial charge in [-0.25, -0.2) is 0 Å². The first-order valence-corrected chi connectivity index (χ1v) is 8.29. The van der Waals surface area contributed by atoms with Crippen LogP contribution in [0.1, 0.15) is 16.7 Å². The van der Waals surface area contributed by atoms with Crippen LogP contribution in [0.3, 0.4) is 0 Å². The first-order chi connectivity index (χ1) is 11.8. The van der Waals surface area contributed by atoms with E-state index in [9.17, 15) is 5.11 Å². The maximum Gasteiger partial charge on any atom is 0.108 e. The highest BCUT2D eigenvalue weighted by atomic mass is 16.6. The van der Waals surface area contributed by atoms with Gasteiger partial charge in [0, 0.05) is 0 Å². The highest BCUT2D eigenvalue weighted by molar-refractivity contribution is 5.52. The van der Waals surface area contributed by atoms with Crippen molar-refractivity contribution < 1.29 is 9.84 Å². The Morgan fingerprint density at radius 3 is 1.33 bits per heavy atom. The van der Waals surface area contributed by atoms with E-state index in [0.29, 0.717) is 6.61 Å². The molecule has 4 rings (SSSR count). The van der Waals surface area contributed by atoms with Crippen molar-refractivity contribution in [3.63, 3.8) is 0 Å². The molecule has 1 aliphatic rings. The number of hydrogen-bond acceptors (Lipinski definition) is 2. The quantitative estimate of drug-likeness (QED) is 0.574. The van der Waals surface area contributed by atoms with Crippen LogP contribution in [0.2, 0.25) is 0 Å². The minimum Gasteiger partial charge on any atom is -0.389 e. The third-order valence-corrected chi connectivity index (χ3v) is 4.84. The topological polar surface area (TPSA) is 32.8 Å². The summed E-state index contributed by atoms with van der Waals surface area (Å²) in [6.45, 7) is 0.607. The van der Waals surface area contributed by atoms with E-state index in [1.54, 1.807) is 0 Å². The van der Waals surface area contributed by atoms with Gasteiger partial charge in [-0.2, -0.15) is 0 Å². The average molecular weight is 316 g/mol. The summed E-state index contributed by atoms with van der Waals surface area (Å²) >= 11 is 0. The van der Waals surface area contributed by atoms with E-state index in [1.807, 2.05) is 54.6 Å². The molecule has 120 valence electrons. The third-order valence-electron chi connectivity index (χ3n) is 4.84. The Balaban J connectivity index is 2.03. The van der Waals surface area contributed by atoms with E-state index in [1.165, 1.54) is 0 Å². The molecule has 1 heterocycles. The van der Waals surface area contributed by atoms with Gasteiger partial charge in [-0.05, 0) is 16.7 Å². The number of benzene rings is 3. The van der Waals surface area contributed by atoms with E-state index in [-0.39, 0.29) is 6.10 Å². The zero-order chi connectivity index (χ0) is 16.4. The van der Waals surface area contributed by atoms with Gasteiger partial charge >= 0.3 is 0 Å². The van der Waals surface area contributed by atoms with E-state index < -0.39 is 11.5 Å². The summed E-state index contributed by atoms with van der Waals surface area (Å²) in [7, 11) is 0. The Hall–Kier alpha value is -2.42. The lowest BCUT2D eigenvalue weighted by Gasteiger charge is -2.39. The van der Waals surface area contributed by atoms with Crippen LogP contribution in [0.25, 0.3) is 0 Å². The van der Waals surface area contributed by atoms with Gasteiger partial charge in [0.05, 0.1) is 12.0 Å².